The molecule has 21 heavy (non-hydrogen) atoms. The molecule has 0 amide bonds. The van der Waals surface area contributed by atoms with E-state index in [0.29, 0.717) is 0 Å². The Kier molecular flexibility index (Phi) is 4.32. The fourth-order valence-electron chi connectivity index (χ4n) is 2.30. The third kappa shape index (κ3) is 3.50. The Morgan fingerprint density at radius 2 is 0.905 bits per heavy atom. The van der Waals surface area contributed by atoms with Gasteiger partial charge in [0.15, 0.2) is 0 Å². The van der Waals surface area contributed by atoms with Gasteiger partial charge in [-0.15, -0.1) is 0 Å². The lowest BCUT2D eigenvalue weighted by Crippen LogP contribution is -1.75. The van der Waals surface area contributed by atoms with Gasteiger partial charge in [0.05, 0.1) is 0 Å². The van der Waals surface area contributed by atoms with Gasteiger partial charge in [-0.05, 0) is 45.8 Å². The van der Waals surface area contributed by atoms with Gasteiger partial charge >= 0.3 is 0 Å². The molecule has 0 unspecified atom stereocenters. The molecule has 0 saturated heterocycles. The molecule has 0 aliphatic heterocycles. The molecule has 102 valence electrons. The van der Waals surface area contributed by atoms with Crippen LogP contribution in [0.15, 0.2) is 95.5 Å². The van der Waals surface area contributed by atoms with Crippen molar-refractivity contribution < 1.29 is 0 Å². The first kappa shape index (κ1) is 13.8. The summed E-state index contributed by atoms with van der Waals surface area (Å²) < 4.78 is 1.13. The van der Waals surface area contributed by atoms with Crippen LogP contribution in [0.1, 0.15) is 0 Å². The summed E-state index contributed by atoms with van der Waals surface area (Å²) in [5.74, 6) is 0. The molecule has 0 heterocycles. The SMILES string of the molecule is Brc1ccc2cc3ccccc3cc2c1.c1ccccc1. The molecule has 0 nitrogen and oxygen atoms in total. The molecule has 0 fully saturated rings. The number of halogens is 1. The molecule has 0 atom stereocenters. The van der Waals surface area contributed by atoms with Crippen LogP contribution < -0.4 is 0 Å². The quantitative estimate of drug-likeness (QED) is 0.324. The monoisotopic (exact) mass is 334 g/mol. The first-order valence-electron chi connectivity index (χ1n) is 6.91. The molecule has 0 aromatic heterocycles. The van der Waals surface area contributed by atoms with Gasteiger partial charge < -0.3 is 0 Å². The lowest BCUT2D eigenvalue weighted by atomic mass is 10.0. The normalized spacial score (nSPS) is 10.1. The molecule has 4 aromatic rings. The molecule has 1 heteroatoms. The molecule has 4 aromatic carbocycles. The Morgan fingerprint density at radius 3 is 1.48 bits per heavy atom. The summed E-state index contributed by atoms with van der Waals surface area (Å²) in [6.45, 7) is 0. The third-order valence-electron chi connectivity index (χ3n) is 3.33. The fraction of sp³-hybridized carbons (Fsp3) is 0. The van der Waals surface area contributed by atoms with Crippen LogP contribution in [-0.4, -0.2) is 0 Å². The Bertz CT molecular complexity index is 824. The van der Waals surface area contributed by atoms with Crippen LogP contribution in [0.5, 0.6) is 0 Å². The van der Waals surface area contributed by atoms with Crippen molar-refractivity contribution in [3.63, 3.8) is 0 Å². The highest BCUT2D eigenvalue weighted by Crippen LogP contribution is 2.25. The summed E-state index contributed by atoms with van der Waals surface area (Å²) in [7, 11) is 0. The van der Waals surface area contributed by atoms with Crippen molar-refractivity contribution in [1.29, 1.82) is 0 Å². The maximum absolute atomic E-state index is 3.50. The first-order valence-corrected chi connectivity index (χ1v) is 7.70. The summed E-state index contributed by atoms with van der Waals surface area (Å²) in [4.78, 5) is 0. The minimum Gasteiger partial charge on any atom is -0.0623 e. The van der Waals surface area contributed by atoms with E-state index in [2.05, 4.69) is 70.5 Å². The van der Waals surface area contributed by atoms with Gasteiger partial charge in [0, 0.05) is 4.47 Å². The van der Waals surface area contributed by atoms with E-state index in [9.17, 15) is 0 Å². The second kappa shape index (κ2) is 6.55. The molecule has 0 aliphatic rings. The summed E-state index contributed by atoms with van der Waals surface area (Å²) in [6, 6.07) is 31.3. The largest absolute Gasteiger partial charge is 0.0623 e. The van der Waals surface area contributed by atoms with E-state index < -0.39 is 0 Å². The Morgan fingerprint density at radius 1 is 0.429 bits per heavy atom. The molecule has 0 saturated carbocycles. The van der Waals surface area contributed by atoms with Gasteiger partial charge in [-0.1, -0.05) is 82.7 Å². The zero-order chi connectivity index (χ0) is 14.5. The number of fused-ring (bicyclic) bond motifs is 2. The summed E-state index contributed by atoms with van der Waals surface area (Å²) in [6.07, 6.45) is 0. The van der Waals surface area contributed by atoms with Crippen molar-refractivity contribution in [3.05, 3.63) is 95.5 Å². The van der Waals surface area contributed by atoms with E-state index in [1.54, 1.807) is 0 Å². The van der Waals surface area contributed by atoms with Gasteiger partial charge in [0.25, 0.3) is 0 Å². The van der Waals surface area contributed by atoms with Crippen LogP contribution in [0.3, 0.4) is 0 Å². The minimum atomic E-state index is 1.13. The smallest absolute Gasteiger partial charge is 0.0181 e. The fourth-order valence-corrected chi connectivity index (χ4v) is 2.67. The van der Waals surface area contributed by atoms with Gasteiger partial charge in [-0.2, -0.15) is 0 Å². The van der Waals surface area contributed by atoms with E-state index in [4.69, 9.17) is 0 Å². The molecule has 4 rings (SSSR count). The molecule has 0 spiro atoms. The van der Waals surface area contributed by atoms with Crippen molar-refractivity contribution in [2.75, 3.05) is 0 Å². The molecule has 0 bridgehead atoms. The van der Waals surface area contributed by atoms with Crippen LogP contribution >= 0.6 is 15.9 Å². The van der Waals surface area contributed by atoms with Crippen molar-refractivity contribution in [2.45, 2.75) is 0 Å². The average molecular weight is 335 g/mol. The zero-order valence-electron chi connectivity index (χ0n) is 11.5. The number of hydrogen-bond donors (Lipinski definition) is 0. The minimum absolute atomic E-state index is 1.13. The summed E-state index contributed by atoms with van der Waals surface area (Å²) in [5.41, 5.74) is 0. The second-order valence-electron chi connectivity index (χ2n) is 4.85. The lowest BCUT2D eigenvalue weighted by molar-refractivity contribution is 1.72. The topological polar surface area (TPSA) is 0 Å². The van der Waals surface area contributed by atoms with E-state index in [1.165, 1.54) is 21.5 Å². The van der Waals surface area contributed by atoms with Crippen LogP contribution in [-0.2, 0) is 0 Å². The van der Waals surface area contributed by atoms with E-state index in [-0.39, 0.29) is 0 Å². The van der Waals surface area contributed by atoms with E-state index in [1.807, 2.05) is 36.4 Å². The van der Waals surface area contributed by atoms with Crippen molar-refractivity contribution in [3.8, 4) is 0 Å². The van der Waals surface area contributed by atoms with Gasteiger partial charge in [-0.25, -0.2) is 0 Å². The maximum atomic E-state index is 3.50. The Labute approximate surface area is 133 Å². The maximum Gasteiger partial charge on any atom is 0.0181 e. The molecular weight excluding hydrogens is 320 g/mol. The summed E-state index contributed by atoms with van der Waals surface area (Å²) >= 11 is 3.50. The standard InChI is InChI=1S/C14H9Br.C6H6/c15-14-6-5-12-7-10-3-1-2-4-11(10)8-13(12)9-14;1-2-4-6-5-3-1/h1-9H;1-6H. The molecule has 0 N–H and O–H groups in total. The highest BCUT2D eigenvalue weighted by atomic mass is 79.9. The highest BCUT2D eigenvalue weighted by Gasteiger charge is 1.97. The van der Waals surface area contributed by atoms with Gasteiger partial charge in [0.2, 0.25) is 0 Å². The number of hydrogen-bond acceptors (Lipinski definition) is 0. The van der Waals surface area contributed by atoms with Gasteiger partial charge in [0.1, 0.15) is 0 Å². The Hall–Kier alpha value is -2.12. The van der Waals surface area contributed by atoms with Crippen LogP contribution in [0, 0.1) is 0 Å². The van der Waals surface area contributed by atoms with E-state index >= 15 is 0 Å². The first-order chi connectivity index (χ1) is 10.3. The van der Waals surface area contributed by atoms with Crippen molar-refractivity contribution in [1.82, 2.24) is 0 Å². The average Bonchev–Trinajstić information content (AvgIpc) is 2.55. The third-order valence-corrected chi connectivity index (χ3v) is 3.83. The zero-order valence-corrected chi connectivity index (χ0v) is 13.1. The van der Waals surface area contributed by atoms with Crippen molar-refractivity contribution >= 4 is 37.5 Å². The summed E-state index contributed by atoms with van der Waals surface area (Å²) in [5, 5.41) is 5.16. The lowest BCUT2D eigenvalue weighted by Gasteiger charge is -2.02. The van der Waals surface area contributed by atoms with Crippen LogP contribution in [0.2, 0.25) is 0 Å². The molecule has 0 radical (unpaired) electrons. The highest BCUT2D eigenvalue weighted by molar-refractivity contribution is 9.10. The molecular formula is C20H15Br. The van der Waals surface area contributed by atoms with Crippen LogP contribution in [0.25, 0.3) is 21.5 Å². The predicted molar refractivity (Wildman–Crippen MR) is 95.6 cm³/mol. The molecule has 0 aliphatic carbocycles. The van der Waals surface area contributed by atoms with E-state index in [0.717, 1.165) is 4.47 Å². The Balaban J connectivity index is 0.000000186. The number of rotatable bonds is 0. The second-order valence-corrected chi connectivity index (χ2v) is 5.76. The predicted octanol–water partition coefficient (Wildman–Crippen LogP) is 6.44. The van der Waals surface area contributed by atoms with Gasteiger partial charge in [-0.3, -0.25) is 0 Å². The van der Waals surface area contributed by atoms with Crippen LogP contribution in [0.4, 0.5) is 0 Å². The van der Waals surface area contributed by atoms with Crippen molar-refractivity contribution in [2.24, 2.45) is 0 Å². The number of benzene rings is 4.